The Kier molecular flexibility index (Phi) is 6.77. The third kappa shape index (κ3) is 4.51. The van der Waals surface area contributed by atoms with E-state index in [2.05, 4.69) is 25.9 Å². The zero-order valence-electron chi connectivity index (χ0n) is 11.7. The second kappa shape index (κ2) is 8.33. The number of aromatic nitrogens is 4. The quantitative estimate of drug-likeness (QED) is 0.746. The first-order valence-electron chi connectivity index (χ1n) is 6.57. The molecule has 2 aromatic rings. The van der Waals surface area contributed by atoms with Gasteiger partial charge in [0.05, 0.1) is 6.04 Å². The van der Waals surface area contributed by atoms with Crippen LogP contribution in [-0.2, 0) is 6.54 Å². The van der Waals surface area contributed by atoms with E-state index in [4.69, 9.17) is 5.73 Å². The topological polar surface area (TPSA) is 110 Å². The van der Waals surface area contributed by atoms with Gasteiger partial charge in [-0.1, -0.05) is 30.7 Å². The van der Waals surface area contributed by atoms with Crippen molar-refractivity contribution in [2.45, 2.75) is 32.4 Å². The molecular weight excluding hydrogens is 292 g/mol. The lowest BCUT2D eigenvalue weighted by molar-refractivity contribution is 0.0932. The average Bonchev–Trinajstić information content (AvgIpc) is 3.01. The predicted octanol–water partition coefficient (Wildman–Crippen LogP) is 1.35. The Hall–Kier alpha value is -1.99. The number of hydrogen-bond acceptors (Lipinski definition) is 5. The first kappa shape index (κ1) is 17.1. The van der Waals surface area contributed by atoms with Gasteiger partial charge in [0.25, 0.3) is 5.91 Å². The number of aromatic amines is 1. The van der Waals surface area contributed by atoms with Gasteiger partial charge in [-0.3, -0.25) is 4.79 Å². The van der Waals surface area contributed by atoms with E-state index in [9.17, 15) is 4.79 Å². The minimum absolute atomic E-state index is 0. The lowest BCUT2D eigenvalue weighted by atomic mass is 10.1. The Morgan fingerprint density at radius 3 is 2.62 bits per heavy atom. The van der Waals surface area contributed by atoms with Crippen molar-refractivity contribution in [1.29, 1.82) is 0 Å². The van der Waals surface area contributed by atoms with Crippen molar-refractivity contribution < 1.29 is 4.79 Å². The van der Waals surface area contributed by atoms with E-state index >= 15 is 0 Å². The summed E-state index contributed by atoms with van der Waals surface area (Å²) < 4.78 is 0. The highest BCUT2D eigenvalue weighted by atomic mass is 35.5. The van der Waals surface area contributed by atoms with E-state index in [-0.39, 0.29) is 24.4 Å². The Morgan fingerprint density at radius 1 is 1.38 bits per heavy atom. The normalized spacial score (nSPS) is 11.5. The maximum Gasteiger partial charge on any atom is 0.251 e. The van der Waals surface area contributed by atoms with Gasteiger partial charge in [-0.25, -0.2) is 0 Å². The molecule has 0 fully saturated rings. The maximum atomic E-state index is 12.2. The van der Waals surface area contributed by atoms with Gasteiger partial charge in [-0.15, -0.1) is 22.6 Å². The molecule has 0 radical (unpaired) electrons. The molecule has 1 heterocycles. The molecule has 1 unspecified atom stereocenters. The third-order valence-corrected chi connectivity index (χ3v) is 3.01. The summed E-state index contributed by atoms with van der Waals surface area (Å²) >= 11 is 0. The number of nitrogens with one attached hydrogen (secondary N) is 2. The van der Waals surface area contributed by atoms with Crippen molar-refractivity contribution in [2.75, 3.05) is 0 Å². The van der Waals surface area contributed by atoms with Crippen molar-refractivity contribution in [3.63, 3.8) is 0 Å². The number of carbonyl (C=O) groups excluding carboxylic acids is 1. The summed E-state index contributed by atoms with van der Waals surface area (Å²) in [6.45, 7) is 2.50. The number of amides is 1. The van der Waals surface area contributed by atoms with E-state index in [1.165, 1.54) is 0 Å². The highest BCUT2D eigenvalue weighted by molar-refractivity contribution is 5.94. The molecule has 2 rings (SSSR count). The number of nitrogens with zero attached hydrogens (tertiary/aromatic N) is 3. The number of tetrazole rings is 1. The second-order valence-electron chi connectivity index (χ2n) is 4.49. The molecule has 4 N–H and O–H groups in total. The molecule has 21 heavy (non-hydrogen) atoms. The van der Waals surface area contributed by atoms with Crippen molar-refractivity contribution in [3.05, 3.63) is 41.2 Å². The number of carbonyl (C=O) groups is 1. The minimum Gasteiger partial charge on any atom is -0.342 e. The van der Waals surface area contributed by atoms with Crippen LogP contribution in [0.3, 0.4) is 0 Å². The van der Waals surface area contributed by atoms with Crippen LogP contribution in [0.2, 0.25) is 0 Å². The minimum atomic E-state index is -0.236. The van der Waals surface area contributed by atoms with Crippen LogP contribution in [0.25, 0.3) is 0 Å². The molecule has 0 spiro atoms. The first-order chi connectivity index (χ1) is 9.74. The van der Waals surface area contributed by atoms with Crippen LogP contribution in [0.4, 0.5) is 0 Å². The van der Waals surface area contributed by atoms with Crippen LogP contribution >= 0.6 is 12.4 Å². The molecule has 0 saturated carbocycles. The summed E-state index contributed by atoms with van der Waals surface area (Å²) in [5, 5.41) is 16.7. The lowest BCUT2D eigenvalue weighted by Crippen LogP contribution is -2.29. The largest absolute Gasteiger partial charge is 0.342 e. The number of hydrogen-bond donors (Lipinski definition) is 3. The molecule has 1 atom stereocenters. The van der Waals surface area contributed by atoms with E-state index in [0.29, 0.717) is 17.9 Å². The smallest absolute Gasteiger partial charge is 0.251 e. The van der Waals surface area contributed by atoms with Gasteiger partial charge >= 0.3 is 0 Å². The molecule has 1 amide bonds. The maximum absolute atomic E-state index is 12.2. The second-order valence-corrected chi connectivity index (χ2v) is 4.49. The number of benzene rings is 1. The Bertz CT molecular complexity index is 542. The van der Waals surface area contributed by atoms with Gasteiger partial charge in [0.1, 0.15) is 0 Å². The Labute approximate surface area is 129 Å². The highest BCUT2D eigenvalue weighted by Gasteiger charge is 2.18. The van der Waals surface area contributed by atoms with Gasteiger partial charge in [0.2, 0.25) is 0 Å². The monoisotopic (exact) mass is 310 g/mol. The average molecular weight is 311 g/mol. The van der Waals surface area contributed by atoms with E-state index in [1.54, 1.807) is 12.1 Å². The summed E-state index contributed by atoms with van der Waals surface area (Å²) in [5.74, 6) is 0.343. The van der Waals surface area contributed by atoms with E-state index in [0.717, 1.165) is 18.4 Å². The van der Waals surface area contributed by atoms with Crippen LogP contribution in [-0.4, -0.2) is 26.5 Å². The standard InChI is InChI=1S/C13H18N6O.ClH/c1-2-3-11(12-16-18-19-17-12)15-13(20)10-6-4-9(8-14)5-7-10;/h4-7,11H,2-3,8,14H2,1H3,(H,15,20)(H,16,17,18,19);1H. The molecule has 1 aromatic carbocycles. The molecule has 114 valence electrons. The van der Waals surface area contributed by atoms with Crippen LogP contribution in [0.15, 0.2) is 24.3 Å². The molecule has 0 aliphatic carbocycles. The Balaban J connectivity index is 0.00000220. The van der Waals surface area contributed by atoms with Crippen LogP contribution < -0.4 is 11.1 Å². The fourth-order valence-electron chi connectivity index (χ4n) is 1.91. The van der Waals surface area contributed by atoms with Gasteiger partial charge in [0.15, 0.2) is 5.82 Å². The summed E-state index contributed by atoms with van der Waals surface area (Å²) in [4.78, 5) is 12.2. The summed E-state index contributed by atoms with van der Waals surface area (Å²) in [6.07, 6.45) is 1.66. The molecule has 8 heteroatoms. The molecular formula is C13H19ClN6O. The van der Waals surface area contributed by atoms with E-state index < -0.39 is 0 Å². The van der Waals surface area contributed by atoms with Crippen LogP contribution in [0, 0.1) is 0 Å². The van der Waals surface area contributed by atoms with Crippen molar-refractivity contribution in [2.24, 2.45) is 5.73 Å². The molecule has 7 nitrogen and oxygen atoms in total. The fraction of sp³-hybridized carbons (Fsp3) is 0.385. The number of halogens is 1. The zero-order valence-corrected chi connectivity index (χ0v) is 12.6. The molecule has 0 aliphatic rings. The zero-order chi connectivity index (χ0) is 14.4. The molecule has 0 saturated heterocycles. The van der Waals surface area contributed by atoms with Crippen molar-refractivity contribution in [1.82, 2.24) is 25.9 Å². The van der Waals surface area contributed by atoms with Gasteiger partial charge in [-0.2, -0.15) is 5.21 Å². The third-order valence-electron chi connectivity index (χ3n) is 3.01. The van der Waals surface area contributed by atoms with Crippen molar-refractivity contribution in [3.8, 4) is 0 Å². The van der Waals surface area contributed by atoms with Gasteiger partial charge < -0.3 is 11.1 Å². The summed E-state index contributed by atoms with van der Waals surface area (Å²) in [6, 6.07) is 6.98. The SMILES string of the molecule is CCCC(NC(=O)c1ccc(CN)cc1)c1nn[nH]n1.Cl. The predicted molar refractivity (Wildman–Crippen MR) is 80.9 cm³/mol. The molecule has 0 bridgehead atoms. The van der Waals surface area contributed by atoms with E-state index in [1.807, 2.05) is 19.1 Å². The first-order valence-corrected chi connectivity index (χ1v) is 6.57. The summed E-state index contributed by atoms with van der Waals surface area (Å²) in [5.41, 5.74) is 7.11. The number of rotatable bonds is 6. The van der Waals surface area contributed by atoms with Crippen LogP contribution in [0.5, 0.6) is 0 Å². The number of H-pyrrole nitrogens is 1. The van der Waals surface area contributed by atoms with Crippen LogP contribution in [0.1, 0.15) is 47.6 Å². The molecule has 0 aliphatic heterocycles. The van der Waals surface area contributed by atoms with Gasteiger partial charge in [-0.05, 0) is 24.1 Å². The lowest BCUT2D eigenvalue weighted by Gasteiger charge is -2.14. The number of nitrogens with two attached hydrogens (primary N) is 1. The Morgan fingerprint density at radius 2 is 2.10 bits per heavy atom. The molecule has 1 aromatic heterocycles. The van der Waals surface area contributed by atoms with Gasteiger partial charge in [0, 0.05) is 12.1 Å². The highest BCUT2D eigenvalue weighted by Crippen LogP contribution is 2.14. The summed E-state index contributed by atoms with van der Waals surface area (Å²) in [7, 11) is 0. The fourth-order valence-corrected chi connectivity index (χ4v) is 1.91. The van der Waals surface area contributed by atoms with Crippen molar-refractivity contribution >= 4 is 18.3 Å².